The minimum Gasteiger partial charge on any atom is -0.352 e. The van der Waals surface area contributed by atoms with Crippen molar-refractivity contribution in [3.05, 3.63) is 47.5 Å². The molecule has 0 aliphatic rings. The molecule has 1 heterocycles. The van der Waals surface area contributed by atoms with Gasteiger partial charge in [-0.3, -0.25) is 9.59 Å². The van der Waals surface area contributed by atoms with Crippen LogP contribution in [0.1, 0.15) is 113 Å². The van der Waals surface area contributed by atoms with Gasteiger partial charge in [0, 0.05) is 44.4 Å². The van der Waals surface area contributed by atoms with Gasteiger partial charge < -0.3 is 20.4 Å². The van der Waals surface area contributed by atoms with Crippen LogP contribution >= 0.6 is 11.3 Å². The fraction of sp³-hybridized carbons (Fsp3) is 0.611. The van der Waals surface area contributed by atoms with E-state index < -0.39 is 0 Å². The SMILES string of the molecule is CCCCN(CCCC)CCCNC(=O)c1ccc2sc3ccc(C(=O)NCCCN(CCCC)CCCC)cc3c2c1. The summed E-state index contributed by atoms with van der Waals surface area (Å²) in [7, 11) is 0. The van der Waals surface area contributed by atoms with Crippen LogP contribution in [0.5, 0.6) is 0 Å². The zero-order valence-corrected chi connectivity index (χ0v) is 28.1. The minimum atomic E-state index is -0.0317. The molecule has 0 saturated heterocycles. The number of carbonyl (C=O) groups is 2. The Morgan fingerprint density at radius 2 is 0.907 bits per heavy atom. The Balaban J connectivity index is 1.57. The molecule has 3 aromatic rings. The van der Waals surface area contributed by atoms with Crippen molar-refractivity contribution in [2.45, 2.75) is 91.9 Å². The molecular weight excluding hydrogens is 552 g/mol. The molecule has 0 bridgehead atoms. The van der Waals surface area contributed by atoms with E-state index >= 15 is 0 Å². The maximum Gasteiger partial charge on any atom is 0.251 e. The predicted molar refractivity (Wildman–Crippen MR) is 186 cm³/mol. The van der Waals surface area contributed by atoms with E-state index in [2.05, 4.69) is 48.1 Å². The van der Waals surface area contributed by atoms with E-state index in [1.165, 1.54) is 51.4 Å². The summed E-state index contributed by atoms with van der Waals surface area (Å²) in [5.74, 6) is -0.0635. The van der Waals surface area contributed by atoms with Crippen molar-refractivity contribution in [1.29, 1.82) is 0 Å². The standard InChI is InChI=1S/C36H56N4O2S/c1-5-9-21-39(22-10-6-2)25-13-19-37-35(41)29-15-17-33-31(27-29)32-28-30(16-18-34(32)43-33)36(42)38-20-14-26-40(23-11-7-3)24-12-8-4/h15-18,27-28H,5-14,19-26H2,1-4H3,(H,37,41)(H,38,42). The molecule has 2 amide bonds. The van der Waals surface area contributed by atoms with E-state index in [1.807, 2.05) is 36.4 Å². The first-order valence-corrected chi connectivity index (χ1v) is 17.8. The zero-order chi connectivity index (χ0) is 30.9. The molecule has 6 nitrogen and oxygen atoms in total. The molecule has 0 saturated carbocycles. The lowest BCUT2D eigenvalue weighted by molar-refractivity contribution is 0.0943. The second kappa shape index (κ2) is 19.7. The number of thiophene rings is 1. The highest BCUT2D eigenvalue weighted by Gasteiger charge is 2.14. The molecule has 3 rings (SSSR count). The topological polar surface area (TPSA) is 64.7 Å². The van der Waals surface area contributed by atoms with Crippen LogP contribution in [0.2, 0.25) is 0 Å². The van der Waals surface area contributed by atoms with Crippen molar-refractivity contribution in [3.8, 4) is 0 Å². The predicted octanol–water partition coefficient (Wildman–Crippen LogP) is 8.10. The van der Waals surface area contributed by atoms with Crippen LogP contribution in [0.25, 0.3) is 20.2 Å². The maximum atomic E-state index is 13.0. The lowest BCUT2D eigenvalue weighted by atomic mass is 10.1. The summed E-state index contributed by atoms with van der Waals surface area (Å²) in [4.78, 5) is 31.1. The van der Waals surface area contributed by atoms with Gasteiger partial charge in [0.25, 0.3) is 11.8 Å². The van der Waals surface area contributed by atoms with Crippen molar-refractivity contribution >= 4 is 43.3 Å². The van der Waals surface area contributed by atoms with Gasteiger partial charge in [-0.25, -0.2) is 0 Å². The molecule has 1 aromatic heterocycles. The van der Waals surface area contributed by atoms with Crippen LogP contribution in [0.4, 0.5) is 0 Å². The van der Waals surface area contributed by atoms with Crippen LogP contribution in [-0.4, -0.2) is 74.0 Å². The quantitative estimate of drug-likeness (QED) is 0.113. The molecule has 43 heavy (non-hydrogen) atoms. The van der Waals surface area contributed by atoms with Gasteiger partial charge in [-0.1, -0.05) is 53.4 Å². The summed E-state index contributed by atoms with van der Waals surface area (Å²) in [5.41, 5.74) is 1.35. The Kier molecular flexibility index (Phi) is 16.1. The minimum absolute atomic E-state index is 0.0317. The number of amides is 2. The Morgan fingerprint density at radius 1 is 0.558 bits per heavy atom. The average Bonchev–Trinajstić information content (AvgIpc) is 3.40. The monoisotopic (exact) mass is 608 g/mol. The number of rotatable bonds is 22. The number of unbranched alkanes of at least 4 members (excludes halogenated alkanes) is 4. The van der Waals surface area contributed by atoms with Crippen molar-refractivity contribution in [1.82, 2.24) is 20.4 Å². The third kappa shape index (κ3) is 11.5. The third-order valence-corrected chi connectivity index (χ3v) is 9.33. The highest BCUT2D eigenvalue weighted by atomic mass is 32.1. The fourth-order valence-electron chi connectivity index (χ4n) is 5.47. The van der Waals surface area contributed by atoms with Gasteiger partial charge in [-0.2, -0.15) is 0 Å². The van der Waals surface area contributed by atoms with Gasteiger partial charge in [0.05, 0.1) is 0 Å². The molecule has 0 unspecified atom stereocenters. The number of hydrogen-bond donors (Lipinski definition) is 2. The molecule has 0 fully saturated rings. The summed E-state index contributed by atoms with van der Waals surface area (Å²) < 4.78 is 2.26. The van der Waals surface area contributed by atoms with Crippen molar-refractivity contribution in [3.63, 3.8) is 0 Å². The Morgan fingerprint density at radius 3 is 1.26 bits per heavy atom. The second-order valence-corrected chi connectivity index (χ2v) is 12.9. The van der Waals surface area contributed by atoms with Crippen LogP contribution in [-0.2, 0) is 0 Å². The first-order chi connectivity index (χ1) is 21.0. The van der Waals surface area contributed by atoms with Gasteiger partial charge >= 0.3 is 0 Å². The zero-order valence-electron chi connectivity index (χ0n) is 27.3. The lowest BCUT2D eigenvalue weighted by Gasteiger charge is -2.21. The van der Waals surface area contributed by atoms with Gasteiger partial charge in [0.15, 0.2) is 0 Å². The van der Waals surface area contributed by atoms with Crippen molar-refractivity contribution < 1.29 is 9.59 Å². The molecular formula is C36H56N4O2S. The smallest absolute Gasteiger partial charge is 0.251 e. The molecule has 0 spiro atoms. The second-order valence-electron chi connectivity index (χ2n) is 11.8. The van der Waals surface area contributed by atoms with Crippen molar-refractivity contribution in [2.24, 2.45) is 0 Å². The van der Waals surface area contributed by atoms with E-state index in [0.29, 0.717) is 24.2 Å². The normalized spacial score (nSPS) is 11.7. The van der Waals surface area contributed by atoms with Gasteiger partial charge in [0.2, 0.25) is 0 Å². The fourth-order valence-corrected chi connectivity index (χ4v) is 6.54. The molecule has 7 heteroatoms. The number of nitrogens with one attached hydrogen (secondary N) is 2. The number of nitrogens with zero attached hydrogens (tertiary/aromatic N) is 2. The summed E-state index contributed by atoms with van der Waals surface area (Å²) in [5, 5.41) is 8.33. The van der Waals surface area contributed by atoms with Crippen molar-refractivity contribution in [2.75, 3.05) is 52.4 Å². The maximum absolute atomic E-state index is 13.0. The van der Waals surface area contributed by atoms with Crippen LogP contribution in [0.3, 0.4) is 0 Å². The molecule has 2 N–H and O–H groups in total. The van der Waals surface area contributed by atoms with E-state index in [9.17, 15) is 9.59 Å². The summed E-state index contributed by atoms with van der Waals surface area (Å²) in [6.45, 7) is 16.9. The molecule has 0 radical (unpaired) electrons. The highest BCUT2D eigenvalue weighted by Crippen LogP contribution is 2.35. The molecule has 238 valence electrons. The third-order valence-electron chi connectivity index (χ3n) is 8.18. The van der Waals surface area contributed by atoms with Gasteiger partial charge in [-0.15, -0.1) is 11.3 Å². The Bertz CT molecular complexity index is 1150. The first-order valence-electron chi connectivity index (χ1n) is 17.0. The Hall–Kier alpha value is -2.48. The molecule has 0 aliphatic carbocycles. The lowest BCUT2D eigenvalue weighted by Crippen LogP contribution is -2.31. The largest absolute Gasteiger partial charge is 0.352 e. The summed E-state index contributed by atoms with van der Waals surface area (Å²) in [6, 6.07) is 11.9. The van der Waals surface area contributed by atoms with E-state index in [-0.39, 0.29) is 11.8 Å². The summed E-state index contributed by atoms with van der Waals surface area (Å²) in [6.07, 6.45) is 11.7. The molecule has 0 aliphatic heterocycles. The van der Waals surface area contributed by atoms with Crippen LogP contribution in [0.15, 0.2) is 36.4 Å². The average molecular weight is 609 g/mol. The van der Waals surface area contributed by atoms with Crippen LogP contribution in [0, 0.1) is 0 Å². The van der Waals surface area contributed by atoms with E-state index in [4.69, 9.17) is 0 Å². The number of fused-ring (bicyclic) bond motifs is 3. The molecule has 2 aromatic carbocycles. The number of hydrogen-bond acceptors (Lipinski definition) is 5. The van der Waals surface area contributed by atoms with E-state index in [1.54, 1.807) is 11.3 Å². The first kappa shape index (κ1) is 35.0. The van der Waals surface area contributed by atoms with Gasteiger partial charge in [-0.05, 0) is 114 Å². The van der Waals surface area contributed by atoms with Gasteiger partial charge in [0.1, 0.15) is 0 Å². The van der Waals surface area contributed by atoms with Crippen LogP contribution < -0.4 is 10.6 Å². The Labute approximate surface area is 264 Å². The summed E-state index contributed by atoms with van der Waals surface area (Å²) >= 11 is 1.70. The highest BCUT2D eigenvalue weighted by molar-refractivity contribution is 7.25. The molecule has 0 atom stereocenters. The number of benzene rings is 2. The number of carbonyl (C=O) groups excluding carboxylic acids is 2. The van der Waals surface area contributed by atoms with E-state index in [0.717, 1.165) is 72.3 Å².